The predicted octanol–water partition coefficient (Wildman–Crippen LogP) is 3.23. The number of aromatic nitrogens is 2. The molecule has 1 saturated carbocycles. The van der Waals surface area contributed by atoms with Crippen LogP contribution in [0.25, 0.3) is 0 Å². The zero-order valence-electron chi connectivity index (χ0n) is 13.2. The minimum atomic E-state index is -0.289. The molecule has 1 aromatic rings. The lowest BCUT2D eigenvalue weighted by Crippen LogP contribution is -2.39. The zero-order chi connectivity index (χ0) is 15.1. The summed E-state index contributed by atoms with van der Waals surface area (Å²) < 4.78 is 6.68. The number of hydrogen-bond donors (Lipinski definition) is 2. The molecule has 4 nitrogen and oxygen atoms in total. The van der Waals surface area contributed by atoms with Crippen LogP contribution in [0.5, 0.6) is 0 Å². The number of aromatic amines is 1. The Morgan fingerprint density at radius 1 is 1.19 bits per heavy atom. The smallest absolute Gasteiger partial charge is 0.140 e. The van der Waals surface area contributed by atoms with E-state index in [-0.39, 0.29) is 5.60 Å². The minimum Gasteiger partial charge on any atom is -0.370 e. The Balaban J connectivity index is 1.98. The summed E-state index contributed by atoms with van der Waals surface area (Å²) in [4.78, 5) is 8.25. The molecule has 2 aliphatic rings. The van der Waals surface area contributed by atoms with Gasteiger partial charge in [-0.05, 0) is 31.1 Å². The molecule has 3 rings (SSSR count). The van der Waals surface area contributed by atoms with Crippen LogP contribution in [0.4, 0.5) is 0 Å². The first kappa shape index (κ1) is 15.1. The molecule has 0 aromatic carbocycles. The molecular formula is C16H25N3OS. The van der Waals surface area contributed by atoms with Crippen molar-refractivity contribution in [2.75, 3.05) is 13.7 Å². The molecule has 0 radical (unpaired) electrons. The summed E-state index contributed by atoms with van der Waals surface area (Å²) in [5.41, 5.74) is 2.51. The average molecular weight is 307 g/mol. The van der Waals surface area contributed by atoms with Crippen molar-refractivity contribution in [1.29, 1.82) is 0 Å². The molecule has 5 heteroatoms. The van der Waals surface area contributed by atoms with Crippen molar-refractivity contribution in [3.05, 3.63) is 21.7 Å². The van der Waals surface area contributed by atoms with Gasteiger partial charge in [-0.15, -0.1) is 0 Å². The Labute approximate surface area is 131 Å². The van der Waals surface area contributed by atoms with E-state index in [0.29, 0.717) is 5.41 Å². The lowest BCUT2D eigenvalue weighted by Gasteiger charge is -2.42. The second-order valence-corrected chi connectivity index (χ2v) is 7.52. The van der Waals surface area contributed by atoms with Gasteiger partial charge in [0, 0.05) is 37.9 Å². The summed E-state index contributed by atoms with van der Waals surface area (Å²) >= 11 is 5.51. The molecular weight excluding hydrogens is 282 g/mol. The maximum atomic E-state index is 5.95. The lowest BCUT2D eigenvalue weighted by atomic mass is 9.70. The van der Waals surface area contributed by atoms with Crippen LogP contribution in [-0.4, -0.2) is 23.6 Å². The molecule has 116 valence electrons. The minimum absolute atomic E-state index is 0.289. The molecule has 0 atom stereocenters. The molecule has 1 aromatic heterocycles. The number of ether oxygens (including phenoxy) is 1. The number of methoxy groups -OCH3 is 1. The average Bonchev–Trinajstić information content (AvgIpc) is 2.48. The van der Waals surface area contributed by atoms with Gasteiger partial charge in [-0.25, -0.2) is 4.98 Å². The van der Waals surface area contributed by atoms with Crippen LogP contribution in [0.3, 0.4) is 0 Å². The van der Waals surface area contributed by atoms with Crippen molar-refractivity contribution in [3.63, 3.8) is 0 Å². The molecule has 2 N–H and O–H groups in total. The van der Waals surface area contributed by atoms with E-state index in [1.165, 1.54) is 5.69 Å². The summed E-state index contributed by atoms with van der Waals surface area (Å²) in [5.74, 6) is 0.936. The van der Waals surface area contributed by atoms with Crippen LogP contribution in [0.15, 0.2) is 0 Å². The third-order valence-electron chi connectivity index (χ3n) is 5.19. The molecule has 0 amide bonds. The normalized spacial score (nSPS) is 23.6. The topological polar surface area (TPSA) is 49.9 Å². The highest BCUT2D eigenvalue weighted by molar-refractivity contribution is 7.71. The maximum Gasteiger partial charge on any atom is 0.140 e. The van der Waals surface area contributed by atoms with Gasteiger partial charge in [0.1, 0.15) is 16.1 Å². The Kier molecular flexibility index (Phi) is 3.93. The second kappa shape index (κ2) is 5.45. The van der Waals surface area contributed by atoms with E-state index in [1.54, 1.807) is 7.11 Å². The van der Waals surface area contributed by atoms with E-state index < -0.39 is 0 Å². The Morgan fingerprint density at radius 3 is 2.57 bits per heavy atom. The third-order valence-corrected chi connectivity index (χ3v) is 5.53. The van der Waals surface area contributed by atoms with E-state index >= 15 is 0 Å². The van der Waals surface area contributed by atoms with Crippen LogP contribution < -0.4 is 5.32 Å². The van der Waals surface area contributed by atoms with E-state index in [1.807, 2.05) is 0 Å². The van der Waals surface area contributed by atoms with Gasteiger partial charge in [0.05, 0.1) is 0 Å². The van der Waals surface area contributed by atoms with Crippen molar-refractivity contribution in [3.8, 4) is 0 Å². The second-order valence-electron chi connectivity index (χ2n) is 7.14. The number of rotatable bonds is 2. The van der Waals surface area contributed by atoms with Crippen molar-refractivity contribution < 1.29 is 4.74 Å². The van der Waals surface area contributed by atoms with Crippen LogP contribution >= 0.6 is 12.2 Å². The molecule has 0 saturated heterocycles. The van der Waals surface area contributed by atoms with E-state index in [9.17, 15) is 0 Å². The molecule has 0 spiro atoms. The van der Waals surface area contributed by atoms with Crippen LogP contribution in [-0.2, 0) is 23.3 Å². The molecule has 0 unspecified atom stereocenters. The summed E-state index contributed by atoms with van der Waals surface area (Å²) in [5, 5.41) is 3.36. The quantitative estimate of drug-likeness (QED) is 0.824. The number of H-pyrrole nitrogens is 1. The number of nitrogens with one attached hydrogen (secondary N) is 2. The van der Waals surface area contributed by atoms with Gasteiger partial charge >= 0.3 is 0 Å². The monoisotopic (exact) mass is 307 g/mol. The summed E-state index contributed by atoms with van der Waals surface area (Å²) in [7, 11) is 1.80. The van der Waals surface area contributed by atoms with Crippen molar-refractivity contribution in [1.82, 2.24) is 15.3 Å². The van der Waals surface area contributed by atoms with Crippen LogP contribution in [0, 0.1) is 10.1 Å². The van der Waals surface area contributed by atoms with E-state index in [4.69, 9.17) is 21.9 Å². The maximum absolute atomic E-state index is 5.95. The van der Waals surface area contributed by atoms with E-state index in [2.05, 4.69) is 24.1 Å². The molecule has 0 bridgehead atoms. The zero-order valence-corrected chi connectivity index (χ0v) is 14.0. The molecule has 1 aliphatic carbocycles. The Hall–Kier alpha value is -0.780. The van der Waals surface area contributed by atoms with Gasteiger partial charge in [0.15, 0.2) is 0 Å². The Bertz CT molecular complexity index is 584. The predicted molar refractivity (Wildman–Crippen MR) is 85.8 cm³/mol. The van der Waals surface area contributed by atoms with Gasteiger partial charge < -0.3 is 15.0 Å². The fourth-order valence-corrected chi connectivity index (χ4v) is 3.74. The fraction of sp³-hybridized carbons (Fsp3) is 0.750. The highest BCUT2D eigenvalue weighted by Crippen LogP contribution is 2.46. The summed E-state index contributed by atoms with van der Waals surface area (Å²) in [6.45, 7) is 6.49. The number of fused-ring (bicyclic) bond motifs is 1. The van der Waals surface area contributed by atoms with Gasteiger partial charge in [0.25, 0.3) is 0 Å². The number of hydrogen-bond acceptors (Lipinski definition) is 4. The first-order valence-electron chi connectivity index (χ1n) is 7.84. The van der Waals surface area contributed by atoms with Crippen molar-refractivity contribution >= 4 is 12.2 Å². The highest BCUT2D eigenvalue weighted by Gasteiger charge is 2.42. The SMILES string of the molecule is COC1(c2nc(=S)c3c([nH]2)CCNC3)CCC(C)(C)CC1. The molecule has 21 heavy (non-hydrogen) atoms. The molecule has 1 fully saturated rings. The van der Waals surface area contributed by atoms with Gasteiger partial charge in [-0.3, -0.25) is 0 Å². The third kappa shape index (κ3) is 2.79. The van der Waals surface area contributed by atoms with Gasteiger partial charge in [-0.2, -0.15) is 0 Å². The van der Waals surface area contributed by atoms with E-state index in [0.717, 1.165) is 61.2 Å². The Morgan fingerprint density at radius 2 is 1.90 bits per heavy atom. The highest BCUT2D eigenvalue weighted by atomic mass is 32.1. The lowest BCUT2D eigenvalue weighted by molar-refractivity contribution is -0.0731. The van der Waals surface area contributed by atoms with Crippen molar-refractivity contribution in [2.45, 2.75) is 58.1 Å². The summed E-state index contributed by atoms with van der Waals surface area (Å²) in [6.07, 6.45) is 5.31. The first-order valence-corrected chi connectivity index (χ1v) is 8.25. The van der Waals surface area contributed by atoms with Crippen LogP contribution in [0.1, 0.15) is 56.6 Å². The first-order chi connectivity index (χ1) is 9.96. The fourth-order valence-electron chi connectivity index (χ4n) is 3.45. The van der Waals surface area contributed by atoms with Crippen LogP contribution in [0.2, 0.25) is 0 Å². The molecule has 1 aliphatic heterocycles. The molecule has 2 heterocycles. The largest absolute Gasteiger partial charge is 0.370 e. The summed E-state index contributed by atoms with van der Waals surface area (Å²) in [6, 6.07) is 0. The standard InChI is InChI=1S/C16H25N3OS/c1-15(2)5-7-16(20-3,8-6-15)14-18-12-4-9-17-10-11(12)13(21)19-14/h17H,4-10H2,1-3H3,(H,18,19,21). The van der Waals surface area contributed by atoms with Gasteiger partial charge in [0.2, 0.25) is 0 Å². The number of nitrogens with zero attached hydrogens (tertiary/aromatic N) is 1. The van der Waals surface area contributed by atoms with Gasteiger partial charge in [-0.1, -0.05) is 26.1 Å². The van der Waals surface area contributed by atoms with Crippen molar-refractivity contribution in [2.24, 2.45) is 5.41 Å².